The number of carboxylic acid groups (broad SMARTS) is 1. The molecule has 2 N–H and O–H groups in total. The summed E-state index contributed by atoms with van der Waals surface area (Å²) in [7, 11) is 0. The van der Waals surface area contributed by atoms with Crippen molar-refractivity contribution in [1.82, 2.24) is 4.98 Å². The molecule has 0 radical (unpaired) electrons. The first-order valence-electron chi connectivity index (χ1n) is 7.50. The number of carbonyl (C=O) groups is 2. The maximum atomic E-state index is 12.3. The van der Waals surface area contributed by atoms with E-state index in [1.165, 1.54) is 0 Å². The summed E-state index contributed by atoms with van der Waals surface area (Å²) < 4.78 is 0. The van der Waals surface area contributed by atoms with Crippen molar-refractivity contribution in [1.29, 1.82) is 0 Å². The molecule has 0 bridgehead atoms. The van der Waals surface area contributed by atoms with E-state index in [4.69, 9.17) is 5.11 Å². The Morgan fingerprint density at radius 2 is 1.70 bits per heavy atom. The van der Waals surface area contributed by atoms with Crippen LogP contribution in [0.4, 0.5) is 5.69 Å². The van der Waals surface area contributed by atoms with Crippen molar-refractivity contribution in [2.24, 2.45) is 5.92 Å². The molecule has 5 nitrogen and oxygen atoms in total. The van der Waals surface area contributed by atoms with Crippen LogP contribution in [-0.2, 0) is 16.0 Å². The summed E-state index contributed by atoms with van der Waals surface area (Å²) >= 11 is 0. The molecule has 1 heterocycles. The highest BCUT2D eigenvalue weighted by molar-refractivity contribution is 5.95. The Balaban J connectivity index is 2.00. The first-order chi connectivity index (χ1) is 11.0. The Morgan fingerprint density at radius 3 is 2.26 bits per heavy atom. The number of aromatic nitrogens is 1. The molecule has 0 spiro atoms. The van der Waals surface area contributed by atoms with Crippen molar-refractivity contribution in [3.8, 4) is 0 Å². The predicted octanol–water partition coefficient (Wildman–Crippen LogP) is 3.09. The Labute approximate surface area is 135 Å². The second kappa shape index (κ2) is 7.54. The van der Waals surface area contributed by atoms with Gasteiger partial charge in [-0.05, 0) is 36.6 Å². The van der Waals surface area contributed by atoms with Crippen molar-refractivity contribution in [3.05, 3.63) is 59.9 Å². The number of carbonyl (C=O) groups excluding carboxylic acids is 1. The molecular weight excluding hydrogens is 292 g/mol. The molecule has 2 rings (SSSR count). The normalized spacial score (nSPS) is 13.1. The summed E-state index contributed by atoms with van der Waals surface area (Å²) in [6.07, 6.45) is 3.73. The van der Waals surface area contributed by atoms with Crippen LogP contribution in [-0.4, -0.2) is 22.0 Å². The van der Waals surface area contributed by atoms with Crippen molar-refractivity contribution >= 4 is 17.6 Å². The standard InChI is InChI=1S/C18H20N2O3/c1-12(18(22)23)11-14-3-5-15(6-4-14)13(2)17(21)20-16-7-9-19-10-8-16/h3-10,12-13H,11H2,1-2H3,(H,22,23)(H,19,20,21)/t12?,13-/m1/s1. The van der Waals surface area contributed by atoms with E-state index >= 15 is 0 Å². The minimum Gasteiger partial charge on any atom is -0.481 e. The molecule has 0 aliphatic carbocycles. The zero-order chi connectivity index (χ0) is 16.8. The molecule has 0 saturated carbocycles. The van der Waals surface area contributed by atoms with Gasteiger partial charge in [-0.15, -0.1) is 0 Å². The molecule has 0 aliphatic rings. The van der Waals surface area contributed by atoms with Crippen LogP contribution in [0.5, 0.6) is 0 Å². The highest BCUT2D eigenvalue weighted by Gasteiger charge is 2.16. The van der Waals surface area contributed by atoms with E-state index in [-0.39, 0.29) is 11.8 Å². The summed E-state index contributed by atoms with van der Waals surface area (Å²) in [5, 5.41) is 11.8. The third-order valence-electron chi connectivity index (χ3n) is 3.78. The van der Waals surface area contributed by atoms with Gasteiger partial charge in [0.25, 0.3) is 0 Å². The average Bonchev–Trinajstić information content (AvgIpc) is 2.55. The molecule has 2 atom stereocenters. The lowest BCUT2D eigenvalue weighted by molar-refractivity contribution is -0.141. The molecule has 1 aromatic heterocycles. The highest BCUT2D eigenvalue weighted by atomic mass is 16.4. The fourth-order valence-corrected chi connectivity index (χ4v) is 2.22. The van der Waals surface area contributed by atoms with Gasteiger partial charge in [0.1, 0.15) is 0 Å². The van der Waals surface area contributed by atoms with Crippen LogP contribution in [0.15, 0.2) is 48.8 Å². The number of hydrogen-bond acceptors (Lipinski definition) is 3. The van der Waals surface area contributed by atoms with E-state index in [9.17, 15) is 9.59 Å². The summed E-state index contributed by atoms with van der Waals surface area (Å²) in [4.78, 5) is 27.0. The van der Waals surface area contributed by atoms with Gasteiger partial charge in [-0.2, -0.15) is 0 Å². The van der Waals surface area contributed by atoms with E-state index in [2.05, 4.69) is 10.3 Å². The SMILES string of the molecule is CC(Cc1ccc([C@@H](C)C(=O)Nc2ccncc2)cc1)C(=O)O. The fraction of sp³-hybridized carbons (Fsp3) is 0.278. The number of rotatable bonds is 6. The minimum atomic E-state index is -0.806. The van der Waals surface area contributed by atoms with Gasteiger partial charge in [-0.3, -0.25) is 14.6 Å². The molecular formula is C18H20N2O3. The lowest BCUT2D eigenvalue weighted by atomic mass is 9.95. The van der Waals surface area contributed by atoms with Gasteiger partial charge in [0, 0.05) is 18.1 Å². The molecule has 5 heteroatoms. The Kier molecular flexibility index (Phi) is 5.46. The molecule has 2 aromatic rings. The number of carboxylic acids is 1. The number of nitrogens with one attached hydrogen (secondary N) is 1. The minimum absolute atomic E-state index is 0.0946. The van der Waals surface area contributed by atoms with Gasteiger partial charge in [-0.1, -0.05) is 31.2 Å². The number of anilines is 1. The molecule has 0 aliphatic heterocycles. The molecule has 0 fully saturated rings. The number of hydrogen-bond donors (Lipinski definition) is 2. The smallest absolute Gasteiger partial charge is 0.306 e. The average molecular weight is 312 g/mol. The maximum Gasteiger partial charge on any atom is 0.306 e. The van der Waals surface area contributed by atoms with E-state index in [0.29, 0.717) is 12.1 Å². The fourth-order valence-electron chi connectivity index (χ4n) is 2.22. The van der Waals surface area contributed by atoms with Crippen LogP contribution in [0.2, 0.25) is 0 Å². The maximum absolute atomic E-state index is 12.3. The molecule has 23 heavy (non-hydrogen) atoms. The number of pyridine rings is 1. The van der Waals surface area contributed by atoms with Crippen molar-refractivity contribution in [3.63, 3.8) is 0 Å². The number of amides is 1. The second-order valence-electron chi connectivity index (χ2n) is 5.63. The molecule has 0 saturated heterocycles. The highest BCUT2D eigenvalue weighted by Crippen LogP contribution is 2.19. The van der Waals surface area contributed by atoms with Gasteiger partial charge in [-0.25, -0.2) is 0 Å². The number of nitrogens with zero attached hydrogens (tertiary/aromatic N) is 1. The lowest BCUT2D eigenvalue weighted by Gasteiger charge is -2.13. The number of benzene rings is 1. The van der Waals surface area contributed by atoms with Crippen LogP contribution in [0, 0.1) is 5.92 Å². The molecule has 120 valence electrons. The Bertz CT molecular complexity index is 668. The zero-order valence-electron chi connectivity index (χ0n) is 13.2. The predicted molar refractivity (Wildman–Crippen MR) is 88.2 cm³/mol. The van der Waals surface area contributed by atoms with Gasteiger partial charge in [0.15, 0.2) is 0 Å². The van der Waals surface area contributed by atoms with Crippen molar-refractivity contribution in [2.45, 2.75) is 26.2 Å². The largest absolute Gasteiger partial charge is 0.481 e. The van der Waals surface area contributed by atoms with Crippen LogP contribution in [0.3, 0.4) is 0 Å². The summed E-state index contributed by atoms with van der Waals surface area (Å²) in [5.74, 6) is -1.62. The Hall–Kier alpha value is -2.69. The first-order valence-corrected chi connectivity index (χ1v) is 7.50. The Morgan fingerprint density at radius 1 is 1.09 bits per heavy atom. The van der Waals surface area contributed by atoms with E-state index in [1.807, 2.05) is 31.2 Å². The summed E-state index contributed by atoms with van der Waals surface area (Å²) in [5.41, 5.74) is 2.55. The van der Waals surface area contributed by atoms with Crippen molar-refractivity contribution < 1.29 is 14.7 Å². The quantitative estimate of drug-likeness (QED) is 0.859. The van der Waals surface area contributed by atoms with Gasteiger partial charge >= 0.3 is 5.97 Å². The van der Waals surface area contributed by atoms with Crippen LogP contribution < -0.4 is 5.32 Å². The first kappa shape index (κ1) is 16.7. The monoisotopic (exact) mass is 312 g/mol. The second-order valence-corrected chi connectivity index (χ2v) is 5.63. The third kappa shape index (κ3) is 4.64. The van der Waals surface area contributed by atoms with Crippen LogP contribution in [0.1, 0.15) is 30.9 Å². The third-order valence-corrected chi connectivity index (χ3v) is 3.78. The number of aliphatic carboxylic acids is 1. The summed E-state index contributed by atoms with van der Waals surface area (Å²) in [6, 6.07) is 11.0. The van der Waals surface area contributed by atoms with Gasteiger partial charge < -0.3 is 10.4 Å². The van der Waals surface area contributed by atoms with E-state index < -0.39 is 11.9 Å². The van der Waals surface area contributed by atoms with Gasteiger partial charge in [0.05, 0.1) is 11.8 Å². The molecule has 1 amide bonds. The van der Waals surface area contributed by atoms with Crippen LogP contribution >= 0.6 is 0 Å². The molecule has 1 aromatic carbocycles. The topological polar surface area (TPSA) is 79.3 Å². The van der Waals surface area contributed by atoms with E-state index in [1.54, 1.807) is 31.5 Å². The zero-order valence-corrected chi connectivity index (χ0v) is 13.2. The van der Waals surface area contributed by atoms with Crippen molar-refractivity contribution in [2.75, 3.05) is 5.32 Å². The van der Waals surface area contributed by atoms with Gasteiger partial charge in [0.2, 0.25) is 5.91 Å². The lowest BCUT2D eigenvalue weighted by Crippen LogP contribution is -2.19. The summed E-state index contributed by atoms with van der Waals surface area (Å²) in [6.45, 7) is 3.52. The van der Waals surface area contributed by atoms with E-state index in [0.717, 1.165) is 11.1 Å². The molecule has 1 unspecified atom stereocenters. The van der Waals surface area contributed by atoms with Crippen LogP contribution in [0.25, 0.3) is 0 Å².